The van der Waals surface area contributed by atoms with Crippen LogP contribution in [-0.2, 0) is 0 Å². The fourth-order valence-corrected chi connectivity index (χ4v) is 5.26. The van der Waals surface area contributed by atoms with Gasteiger partial charge in [0.25, 0.3) is 0 Å². The largest absolute Gasteiger partial charge is 0.355 e. The molecule has 0 radical (unpaired) electrons. The maximum Gasteiger partial charge on any atom is 0.319 e. The highest BCUT2D eigenvalue weighted by Gasteiger charge is 2.26. The molecule has 0 saturated carbocycles. The summed E-state index contributed by atoms with van der Waals surface area (Å²) in [6.07, 6.45) is 2.91. The zero-order valence-electron chi connectivity index (χ0n) is 21.2. The third-order valence-corrected chi connectivity index (χ3v) is 7.46. The van der Waals surface area contributed by atoms with Gasteiger partial charge in [-0.25, -0.2) is 24.1 Å². The number of hydrogen-bond donors (Lipinski definition) is 2. The molecule has 3 aromatic carbocycles. The second-order valence-corrected chi connectivity index (χ2v) is 10.3. The number of imidazole rings is 1. The summed E-state index contributed by atoms with van der Waals surface area (Å²) in [5.41, 5.74) is 3.05. The van der Waals surface area contributed by atoms with Gasteiger partial charge in [-0.2, -0.15) is 0 Å². The van der Waals surface area contributed by atoms with Gasteiger partial charge in [-0.1, -0.05) is 47.5 Å². The van der Waals surface area contributed by atoms with Gasteiger partial charge >= 0.3 is 6.03 Å². The number of para-hydroxylation sites is 1. The second-order valence-electron chi connectivity index (χ2n) is 9.44. The number of aromatic nitrogens is 4. The van der Waals surface area contributed by atoms with Crippen molar-refractivity contribution in [2.75, 3.05) is 23.3 Å². The molecule has 5 aromatic rings. The molecule has 1 aliphatic rings. The summed E-state index contributed by atoms with van der Waals surface area (Å²) in [7, 11) is 0. The van der Waals surface area contributed by atoms with Crippen LogP contribution < -0.4 is 15.5 Å². The number of urea groups is 1. The quantitative estimate of drug-likeness (QED) is 0.243. The molecule has 0 unspecified atom stereocenters. The van der Waals surface area contributed by atoms with E-state index in [0.29, 0.717) is 58.8 Å². The standard InChI is InChI=1S/C29H24Cl2FN7O/c30-18-9-11-20(12-10-18)39-26(21-5-1-2-6-22(21)31)37-25-27(33-17-34-28(25)39)38-15-13-19(14-16-38)35-29(40)36-24-8-4-3-7-23(24)32/h1-12,17,19H,13-16H2,(H2,35,36,40). The van der Waals surface area contributed by atoms with E-state index in [-0.39, 0.29) is 11.7 Å². The lowest BCUT2D eigenvalue weighted by Crippen LogP contribution is -2.46. The van der Waals surface area contributed by atoms with Crippen molar-refractivity contribution in [3.63, 3.8) is 0 Å². The summed E-state index contributed by atoms with van der Waals surface area (Å²) in [5, 5.41) is 6.73. The number of nitrogens with one attached hydrogen (secondary N) is 2. The molecule has 0 spiro atoms. The maximum absolute atomic E-state index is 13.9. The van der Waals surface area contributed by atoms with E-state index in [1.165, 1.54) is 18.5 Å². The Balaban J connectivity index is 1.27. The minimum atomic E-state index is -0.477. The Morgan fingerprint density at radius 1 is 0.925 bits per heavy atom. The van der Waals surface area contributed by atoms with E-state index in [0.717, 1.165) is 11.3 Å². The molecule has 1 saturated heterocycles. The molecule has 2 amide bonds. The van der Waals surface area contributed by atoms with Crippen LogP contribution in [0.2, 0.25) is 10.0 Å². The van der Waals surface area contributed by atoms with E-state index < -0.39 is 11.8 Å². The minimum Gasteiger partial charge on any atom is -0.355 e. The summed E-state index contributed by atoms with van der Waals surface area (Å²) in [6, 6.07) is 20.6. The number of carbonyl (C=O) groups is 1. The number of carbonyl (C=O) groups excluding carboxylic acids is 1. The highest BCUT2D eigenvalue weighted by molar-refractivity contribution is 6.33. The van der Waals surface area contributed by atoms with Gasteiger partial charge in [0.1, 0.15) is 18.0 Å². The number of anilines is 2. The monoisotopic (exact) mass is 575 g/mol. The third-order valence-electron chi connectivity index (χ3n) is 6.88. The van der Waals surface area contributed by atoms with Gasteiger partial charge in [-0.15, -0.1) is 0 Å². The number of rotatable bonds is 5. The van der Waals surface area contributed by atoms with Crippen LogP contribution in [0.25, 0.3) is 28.2 Å². The predicted octanol–water partition coefficient (Wildman–Crippen LogP) is 6.72. The Labute approximate surface area is 239 Å². The first kappa shape index (κ1) is 26.0. The molecule has 8 nitrogen and oxygen atoms in total. The van der Waals surface area contributed by atoms with E-state index in [1.807, 2.05) is 53.1 Å². The van der Waals surface area contributed by atoms with Crippen molar-refractivity contribution in [3.05, 3.63) is 95.0 Å². The summed E-state index contributed by atoms with van der Waals surface area (Å²) < 4.78 is 15.9. The zero-order chi connectivity index (χ0) is 27.6. The number of benzene rings is 3. The number of halogens is 3. The van der Waals surface area contributed by atoms with Crippen molar-refractivity contribution >= 4 is 51.9 Å². The highest BCUT2D eigenvalue weighted by atomic mass is 35.5. The molecule has 3 heterocycles. The van der Waals surface area contributed by atoms with Crippen molar-refractivity contribution in [2.24, 2.45) is 0 Å². The summed E-state index contributed by atoms with van der Waals surface area (Å²) in [4.78, 5) is 28.8. The van der Waals surface area contributed by atoms with Gasteiger partial charge in [-0.3, -0.25) is 4.57 Å². The molecule has 202 valence electrons. The molecule has 11 heteroatoms. The maximum atomic E-state index is 13.9. The highest BCUT2D eigenvalue weighted by Crippen LogP contribution is 2.35. The van der Waals surface area contributed by atoms with E-state index in [4.69, 9.17) is 28.2 Å². The average Bonchev–Trinajstić information content (AvgIpc) is 3.35. The molecule has 6 rings (SSSR count). The average molecular weight is 576 g/mol. The van der Waals surface area contributed by atoms with Crippen molar-refractivity contribution in [1.29, 1.82) is 0 Å². The van der Waals surface area contributed by atoms with Gasteiger partial charge in [-0.05, 0) is 61.4 Å². The lowest BCUT2D eigenvalue weighted by atomic mass is 10.1. The van der Waals surface area contributed by atoms with Gasteiger partial charge in [0.05, 0.1) is 10.7 Å². The van der Waals surface area contributed by atoms with Crippen molar-refractivity contribution in [2.45, 2.75) is 18.9 Å². The first-order valence-electron chi connectivity index (χ1n) is 12.8. The number of fused-ring (bicyclic) bond motifs is 1. The van der Waals surface area contributed by atoms with Crippen LogP contribution in [0.5, 0.6) is 0 Å². The lowest BCUT2D eigenvalue weighted by molar-refractivity contribution is 0.246. The normalized spacial score (nSPS) is 13.9. The van der Waals surface area contributed by atoms with Crippen molar-refractivity contribution < 1.29 is 9.18 Å². The summed E-state index contributed by atoms with van der Waals surface area (Å²) >= 11 is 12.8. The van der Waals surface area contributed by atoms with Crippen LogP contribution in [0, 0.1) is 5.82 Å². The zero-order valence-corrected chi connectivity index (χ0v) is 22.7. The predicted molar refractivity (Wildman–Crippen MR) is 156 cm³/mol. The Morgan fingerprint density at radius 3 is 2.40 bits per heavy atom. The molecule has 1 fully saturated rings. The molecule has 1 aliphatic heterocycles. The topological polar surface area (TPSA) is 88.0 Å². The first-order chi connectivity index (χ1) is 19.5. The Morgan fingerprint density at radius 2 is 1.65 bits per heavy atom. The van der Waals surface area contributed by atoms with E-state index >= 15 is 0 Å². The van der Waals surface area contributed by atoms with Gasteiger partial charge in [0, 0.05) is 35.4 Å². The first-order valence-corrected chi connectivity index (χ1v) is 13.5. The molecule has 0 aliphatic carbocycles. The summed E-state index contributed by atoms with van der Waals surface area (Å²) in [6.45, 7) is 1.29. The molecule has 2 N–H and O–H groups in total. The molecular formula is C29H24Cl2FN7O. The second kappa shape index (κ2) is 11.1. The minimum absolute atomic E-state index is 0.0642. The van der Waals surface area contributed by atoms with E-state index in [2.05, 4.69) is 25.5 Å². The molecule has 2 aromatic heterocycles. The Hall–Kier alpha value is -4.21. The SMILES string of the molecule is O=C(Nc1ccccc1F)NC1CCN(c2ncnc3c2nc(-c2ccccc2Cl)n3-c2ccc(Cl)cc2)CC1. The molecular weight excluding hydrogens is 552 g/mol. The molecule has 0 bridgehead atoms. The van der Waals surface area contributed by atoms with Crippen molar-refractivity contribution in [3.8, 4) is 17.1 Å². The fraction of sp³-hybridized carbons (Fsp3) is 0.172. The van der Waals surface area contributed by atoms with Gasteiger partial charge in [0.15, 0.2) is 17.0 Å². The van der Waals surface area contributed by atoms with Crippen molar-refractivity contribution in [1.82, 2.24) is 24.8 Å². The van der Waals surface area contributed by atoms with E-state index in [9.17, 15) is 9.18 Å². The number of hydrogen-bond acceptors (Lipinski definition) is 5. The molecule has 0 atom stereocenters. The summed E-state index contributed by atoms with van der Waals surface area (Å²) in [5.74, 6) is 0.876. The lowest BCUT2D eigenvalue weighted by Gasteiger charge is -2.33. The Bertz CT molecular complexity index is 1680. The van der Waals surface area contributed by atoms with Gasteiger partial charge in [0.2, 0.25) is 0 Å². The molecule has 40 heavy (non-hydrogen) atoms. The van der Waals surface area contributed by atoms with Crippen LogP contribution in [0.15, 0.2) is 79.1 Å². The van der Waals surface area contributed by atoms with Crippen LogP contribution in [0.3, 0.4) is 0 Å². The van der Waals surface area contributed by atoms with Crippen LogP contribution in [0.4, 0.5) is 20.7 Å². The van der Waals surface area contributed by atoms with Crippen LogP contribution >= 0.6 is 23.2 Å². The number of nitrogens with zero attached hydrogens (tertiary/aromatic N) is 5. The van der Waals surface area contributed by atoms with Gasteiger partial charge < -0.3 is 15.5 Å². The number of piperidine rings is 1. The number of amides is 2. The smallest absolute Gasteiger partial charge is 0.319 e. The Kier molecular flexibility index (Phi) is 7.23. The third kappa shape index (κ3) is 5.17. The fourth-order valence-electron chi connectivity index (χ4n) is 4.91. The van der Waals surface area contributed by atoms with Crippen LogP contribution in [0.1, 0.15) is 12.8 Å². The van der Waals surface area contributed by atoms with Crippen LogP contribution in [-0.4, -0.2) is 44.7 Å². The van der Waals surface area contributed by atoms with E-state index in [1.54, 1.807) is 12.1 Å².